The number of benzene rings is 2. The van der Waals surface area contributed by atoms with Gasteiger partial charge in [0, 0.05) is 5.69 Å². The van der Waals surface area contributed by atoms with Crippen LogP contribution in [0.15, 0.2) is 60.8 Å². The van der Waals surface area contributed by atoms with Crippen molar-refractivity contribution in [2.24, 2.45) is 0 Å². The number of rotatable bonds is 6. The van der Waals surface area contributed by atoms with Gasteiger partial charge >= 0.3 is 0 Å². The van der Waals surface area contributed by atoms with E-state index >= 15 is 0 Å². The topological polar surface area (TPSA) is 63.2 Å². The van der Waals surface area contributed by atoms with Gasteiger partial charge in [-0.2, -0.15) is 0 Å². The van der Waals surface area contributed by atoms with Gasteiger partial charge in [-0.15, -0.1) is 0 Å². The van der Waals surface area contributed by atoms with E-state index in [1.165, 1.54) is 5.56 Å². The minimum atomic E-state index is -0.252. The highest BCUT2D eigenvalue weighted by atomic mass is 16.5. The Morgan fingerprint density at radius 1 is 0.963 bits per heavy atom. The number of aromatic nitrogens is 1. The number of anilines is 3. The van der Waals surface area contributed by atoms with E-state index in [4.69, 9.17) is 4.74 Å². The Hall–Kier alpha value is -3.34. The molecule has 0 saturated heterocycles. The molecule has 138 valence electrons. The van der Waals surface area contributed by atoms with Crippen molar-refractivity contribution in [3.05, 3.63) is 77.5 Å². The third kappa shape index (κ3) is 5.31. The maximum atomic E-state index is 12.0. The van der Waals surface area contributed by atoms with Gasteiger partial charge in [-0.25, -0.2) is 4.98 Å². The predicted octanol–water partition coefficient (Wildman–Crippen LogP) is 4.77. The highest BCUT2D eigenvalue weighted by Crippen LogP contribution is 2.22. The number of ether oxygens (including phenoxy) is 1. The van der Waals surface area contributed by atoms with Crippen molar-refractivity contribution in [3.8, 4) is 5.75 Å². The first-order valence-corrected chi connectivity index (χ1v) is 8.79. The molecule has 0 atom stereocenters. The average molecular weight is 361 g/mol. The monoisotopic (exact) mass is 361 g/mol. The van der Waals surface area contributed by atoms with E-state index in [0.717, 1.165) is 22.5 Å². The quantitative estimate of drug-likeness (QED) is 0.664. The van der Waals surface area contributed by atoms with Crippen LogP contribution in [-0.2, 0) is 4.79 Å². The fourth-order valence-corrected chi connectivity index (χ4v) is 2.53. The third-order valence-electron chi connectivity index (χ3n) is 4.09. The number of hydrogen-bond acceptors (Lipinski definition) is 4. The lowest BCUT2D eigenvalue weighted by Gasteiger charge is -2.11. The van der Waals surface area contributed by atoms with Crippen molar-refractivity contribution >= 4 is 23.1 Å². The molecular weight excluding hydrogens is 338 g/mol. The first-order chi connectivity index (χ1) is 13.0. The van der Waals surface area contributed by atoms with Gasteiger partial charge in [0.1, 0.15) is 11.6 Å². The van der Waals surface area contributed by atoms with Crippen molar-refractivity contribution in [2.75, 3.05) is 17.2 Å². The number of carbonyl (C=O) groups excluding carboxylic acids is 1. The summed E-state index contributed by atoms with van der Waals surface area (Å²) in [5.41, 5.74) is 5.39. The largest absolute Gasteiger partial charge is 0.484 e. The smallest absolute Gasteiger partial charge is 0.263 e. The zero-order valence-corrected chi connectivity index (χ0v) is 15.7. The summed E-state index contributed by atoms with van der Waals surface area (Å²) in [5.74, 6) is 0.897. The summed E-state index contributed by atoms with van der Waals surface area (Å²) >= 11 is 0. The molecule has 0 aliphatic rings. The summed E-state index contributed by atoms with van der Waals surface area (Å²) in [6.45, 7) is 6.05. The molecule has 1 heterocycles. The van der Waals surface area contributed by atoms with E-state index in [9.17, 15) is 4.79 Å². The average Bonchev–Trinajstić information content (AvgIpc) is 2.66. The molecule has 0 spiro atoms. The van der Waals surface area contributed by atoms with Crippen LogP contribution in [-0.4, -0.2) is 17.5 Å². The number of amides is 1. The molecule has 5 heteroatoms. The van der Waals surface area contributed by atoms with Crippen LogP contribution >= 0.6 is 0 Å². The molecule has 2 aromatic carbocycles. The Morgan fingerprint density at radius 2 is 1.70 bits per heavy atom. The maximum absolute atomic E-state index is 12.0. The molecule has 0 aliphatic carbocycles. The first kappa shape index (κ1) is 18.5. The number of carbonyl (C=O) groups is 1. The molecule has 0 aliphatic heterocycles. The molecule has 3 aromatic rings. The van der Waals surface area contributed by atoms with Crippen molar-refractivity contribution < 1.29 is 9.53 Å². The zero-order valence-electron chi connectivity index (χ0n) is 15.7. The minimum absolute atomic E-state index is 0.0623. The SMILES string of the molecule is Cc1ccc(OCC(=O)Nc2ccc(Nc3cc(C)ccc3C)cn2)cc1. The lowest BCUT2D eigenvalue weighted by Crippen LogP contribution is -2.20. The first-order valence-electron chi connectivity index (χ1n) is 8.79. The molecule has 0 bridgehead atoms. The summed E-state index contributed by atoms with van der Waals surface area (Å²) in [7, 11) is 0. The Kier molecular flexibility index (Phi) is 5.71. The summed E-state index contributed by atoms with van der Waals surface area (Å²) in [6.07, 6.45) is 1.69. The zero-order chi connectivity index (χ0) is 19.2. The molecular formula is C22H23N3O2. The van der Waals surface area contributed by atoms with Crippen LogP contribution in [0.1, 0.15) is 16.7 Å². The lowest BCUT2D eigenvalue weighted by molar-refractivity contribution is -0.118. The standard InChI is InChI=1S/C22H23N3O2/c1-15-5-9-19(10-6-15)27-14-22(26)25-21-11-8-18(13-23-21)24-20-12-16(2)4-7-17(20)3/h4-13,24H,14H2,1-3H3,(H,23,25,26). The van der Waals surface area contributed by atoms with Gasteiger partial charge in [0.05, 0.1) is 11.9 Å². The van der Waals surface area contributed by atoms with Gasteiger partial charge in [-0.3, -0.25) is 4.79 Å². The van der Waals surface area contributed by atoms with Crippen molar-refractivity contribution in [1.82, 2.24) is 4.98 Å². The molecule has 2 N–H and O–H groups in total. The molecule has 1 aromatic heterocycles. The highest BCUT2D eigenvalue weighted by Gasteiger charge is 2.06. The second kappa shape index (κ2) is 8.36. The van der Waals surface area contributed by atoms with Crippen LogP contribution < -0.4 is 15.4 Å². The second-order valence-corrected chi connectivity index (χ2v) is 6.53. The van der Waals surface area contributed by atoms with Crippen LogP contribution in [0, 0.1) is 20.8 Å². The fraction of sp³-hybridized carbons (Fsp3) is 0.182. The third-order valence-corrected chi connectivity index (χ3v) is 4.09. The van der Waals surface area contributed by atoms with E-state index in [1.54, 1.807) is 12.3 Å². The van der Waals surface area contributed by atoms with E-state index in [0.29, 0.717) is 11.6 Å². The normalized spacial score (nSPS) is 10.3. The van der Waals surface area contributed by atoms with E-state index in [2.05, 4.69) is 47.7 Å². The van der Waals surface area contributed by atoms with Crippen molar-refractivity contribution in [1.29, 1.82) is 0 Å². The van der Waals surface area contributed by atoms with Crippen LogP contribution in [0.25, 0.3) is 0 Å². The summed E-state index contributed by atoms with van der Waals surface area (Å²) in [6, 6.07) is 17.5. The van der Waals surface area contributed by atoms with Crippen molar-refractivity contribution in [3.63, 3.8) is 0 Å². The maximum Gasteiger partial charge on any atom is 0.263 e. The Bertz CT molecular complexity index is 919. The second-order valence-electron chi connectivity index (χ2n) is 6.53. The Balaban J connectivity index is 1.54. The summed E-state index contributed by atoms with van der Waals surface area (Å²) in [5, 5.41) is 6.08. The molecule has 0 fully saturated rings. The minimum Gasteiger partial charge on any atom is -0.484 e. The van der Waals surface area contributed by atoms with Crippen molar-refractivity contribution in [2.45, 2.75) is 20.8 Å². The Labute approximate surface area is 159 Å². The number of nitrogens with one attached hydrogen (secondary N) is 2. The molecule has 5 nitrogen and oxygen atoms in total. The molecule has 1 amide bonds. The van der Waals surface area contributed by atoms with E-state index < -0.39 is 0 Å². The number of aryl methyl sites for hydroxylation is 3. The number of nitrogens with zero attached hydrogens (tertiary/aromatic N) is 1. The van der Waals surface area contributed by atoms with E-state index in [1.807, 2.05) is 37.3 Å². The fourth-order valence-electron chi connectivity index (χ4n) is 2.53. The predicted molar refractivity (Wildman–Crippen MR) is 109 cm³/mol. The lowest BCUT2D eigenvalue weighted by atomic mass is 10.1. The van der Waals surface area contributed by atoms with Crippen LogP contribution in [0.2, 0.25) is 0 Å². The number of pyridine rings is 1. The van der Waals surface area contributed by atoms with Gasteiger partial charge in [0.25, 0.3) is 5.91 Å². The van der Waals surface area contributed by atoms with Gasteiger partial charge in [0.2, 0.25) is 0 Å². The summed E-state index contributed by atoms with van der Waals surface area (Å²) < 4.78 is 5.47. The van der Waals surface area contributed by atoms with Crippen LogP contribution in [0.5, 0.6) is 5.75 Å². The highest BCUT2D eigenvalue weighted by molar-refractivity contribution is 5.91. The van der Waals surface area contributed by atoms with Gasteiger partial charge < -0.3 is 15.4 Å². The number of hydrogen-bond donors (Lipinski definition) is 2. The van der Waals surface area contributed by atoms with Crippen LogP contribution in [0.4, 0.5) is 17.2 Å². The molecule has 0 radical (unpaired) electrons. The molecule has 3 rings (SSSR count). The molecule has 0 unspecified atom stereocenters. The van der Waals surface area contributed by atoms with Crippen LogP contribution in [0.3, 0.4) is 0 Å². The van der Waals surface area contributed by atoms with Gasteiger partial charge in [-0.05, 0) is 62.2 Å². The van der Waals surface area contributed by atoms with Gasteiger partial charge in [0.15, 0.2) is 6.61 Å². The molecule has 27 heavy (non-hydrogen) atoms. The van der Waals surface area contributed by atoms with E-state index in [-0.39, 0.29) is 12.5 Å². The Morgan fingerprint density at radius 3 is 2.41 bits per heavy atom. The summed E-state index contributed by atoms with van der Waals surface area (Å²) in [4.78, 5) is 16.3. The van der Waals surface area contributed by atoms with Gasteiger partial charge in [-0.1, -0.05) is 29.8 Å². The molecule has 0 saturated carbocycles.